The number of allylic oxidation sites excluding steroid dienone is 1. The highest BCUT2D eigenvalue weighted by Gasteiger charge is 2.34. The van der Waals surface area contributed by atoms with Gasteiger partial charge in [0.05, 0.1) is 21.9 Å². The van der Waals surface area contributed by atoms with Gasteiger partial charge in [-0.3, -0.25) is 9.36 Å². The third-order valence-electron chi connectivity index (χ3n) is 5.82. The topological polar surface area (TPSA) is 69.9 Å². The Bertz CT molecular complexity index is 1610. The van der Waals surface area contributed by atoms with Gasteiger partial charge >= 0.3 is 5.97 Å². The highest BCUT2D eigenvalue weighted by atomic mass is 32.1. The van der Waals surface area contributed by atoms with E-state index in [-0.39, 0.29) is 11.7 Å². The van der Waals surface area contributed by atoms with Crippen molar-refractivity contribution in [2.24, 2.45) is 4.99 Å². The Kier molecular flexibility index (Phi) is 7.21. The van der Waals surface area contributed by atoms with Crippen LogP contribution in [0.3, 0.4) is 0 Å². The molecule has 0 spiro atoms. The second-order valence-electron chi connectivity index (χ2n) is 8.89. The van der Waals surface area contributed by atoms with Gasteiger partial charge in [-0.15, -0.1) is 11.3 Å². The van der Waals surface area contributed by atoms with Crippen LogP contribution in [-0.4, -0.2) is 16.6 Å². The Labute approximate surface area is 222 Å². The van der Waals surface area contributed by atoms with E-state index in [1.54, 1.807) is 25.3 Å². The summed E-state index contributed by atoms with van der Waals surface area (Å²) >= 11 is 2.82. The van der Waals surface area contributed by atoms with Crippen LogP contribution in [0.5, 0.6) is 5.75 Å². The highest BCUT2D eigenvalue weighted by Crippen LogP contribution is 2.33. The van der Waals surface area contributed by atoms with Crippen LogP contribution in [0.1, 0.15) is 42.8 Å². The molecule has 0 bridgehead atoms. The Morgan fingerprint density at radius 2 is 1.84 bits per heavy atom. The molecule has 8 heteroatoms. The van der Waals surface area contributed by atoms with E-state index in [1.807, 2.05) is 78.2 Å². The molecule has 0 saturated heterocycles. The number of thiophene rings is 1. The maximum absolute atomic E-state index is 13.6. The first kappa shape index (κ1) is 24.9. The number of nitrogens with zero attached hydrogens (tertiary/aromatic N) is 2. The van der Waals surface area contributed by atoms with Gasteiger partial charge in [0.25, 0.3) is 5.56 Å². The number of aromatic nitrogens is 1. The molecule has 2 aromatic carbocycles. The van der Waals surface area contributed by atoms with Gasteiger partial charge in [0.15, 0.2) is 4.80 Å². The molecule has 1 aliphatic heterocycles. The van der Waals surface area contributed by atoms with Gasteiger partial charge in [0.2, 0.25) is 0 Å². The Morgan fingerprint density at radius 1 is 1.08 bits per heavy atom. The van der Waals surface area contributed by atoms with Crippen molar-refractivity contribution in [1.82, 2.24) is 4.57 Å². The van der Waals surface area contributed by atoms with Crippen molar-refractivity contribution in [3.8, 4) is 5.75 Å². The fraction of sp³-hybridized carbons (Fsp3) is 0.207. The summed E-state index contributed by atoms with van der Waals surface area (Å²) in [5.74, 6) is 0.305. The van der Waals surface area contributed by atoms with E-state index < -0.39 is 12.0 Å². The van der Waals surface area contributed by atoms with Crippen LogP contribution in [0.25, 0.3) is 6.08 Å². The van der Waals surface area contributed by atoms with Crippen molar-refractivity contribution in [2.75, 3.05) is 0 Å². The minimum absolute atomic E-state index is 0.186. The Balaban J connectivity index is 1.48. The molecule has 0 saturated carbocycles. The van der Waals surface area contributed by atoms with Crippen molar-refractivity contribution in [2.45, 2.75) is 39.5 Å². The molecule has 1 unspecified atom stereocenters. The molecule has 0 fully saturated rings. The van der Waals surface area contributed by atoms with Crippen molar-refractivity contribution >= 4 is 34.7 Å². The van der Waals surface area contributed by atoms with Crippen LogP contribution in [0, 0.1) is 0 Å². The molecule has 0 radical (unpaired) electrons. The first-order valence-corrected chi connectivity index (χ1v) is 13.6. The Hall–Kier alpha value is -3.75. The third kappa shape index (κ3) is 5.35. The van der Waals surface area contributed by atoms with Gasteiger partial charge < -0.3 is 9.47 Å². The maximum Gasteiger partial charge on any atom is 0.338 e. The molecule has 1 aliphatic rings. The molecule has 188 valence electrons. The molecule has 3 heterocycles. The van der Waals surface area contributed by atoms with Crippen molar-refractivity contribution in [3.63, 3.8) is 0 Å². The normalized spacial score (nSPS) is 15.5. The van der Waals surface area contributed by atoms with Crippen LogP contribution in [0.15, 0.2) is 93.2 Å². The van der Waals surface area contributed by atoms with Crippen LogP contribution in [0.4, 0.5) is 0 Å². The predicted molar refractivity (Wildman–Crippen MR) is 147 cm³/mol. The number of rotatable bonds is 7. The van der Waals surface area contributed by atoms with Crippen LogP contribution in [0.2, 0.25) is 0 Å². The van der Waals surface area contributed by atoms with Crippen LogP contribution in [-0.2, 0) is 16.1 Å². The standard InChI is InChI=1S/C29H26N2O4S2/c1-18(2)35-28(33)25-19(3)30-29-31(26(25)23-10-7-15-36-23)27(32)24(37-29)16-20-11-13-22(14-12-20)34-17-21-8-5-4-6-9-21/h4-16,18,26H,17H2,1-3H3/b24-16+. The van der Waals surface area contributed by atoms with Gasteiger partial charge in [0.1, 0.15) is 18.4 Å². The number of ether oxygens (including phenoxy) is 2. The molecule has 0 aliphatic carbocycles. The van der Waals surface area contributed by atoms with E-state index in [1.165, 1.54) is 22.7 Å². The second-order valence-corrected chi connectivity index (χ2v) is 10.9. The summed E-state index contributed by atoms with van der Waals surface area (Å²) in [5, 5.41) is 1.94. The fourth-order valence-electron chi connectivity index (χ4n) is 4.13. The SMILES string of the molecule is CC1=C(C(=O)OC(C)C)C(c2cccs2)n2c(s/c(=C/c3ccc(OCc4ccccc4)cc3)c2=O)=N1. The summed E-state index contributed by atoms with van der Waals surface area (Å²) in [6, 6.07) is 20.9. The van der Waals surface area contributed by atoms with Gasteiger partial charge in [-0.1, -0.05) is 59.9 Å². The molecule has 2 aromatic heterocycles. The summed E-state index contributed by atoms with van der Waals surface area (Å²) in [4.78, 5) is 32.8. The number of esters is 1. The van der Waals surface area contributed by atoms with Crippen molar-refractivity contribution < 1.29 is 14.3 Å². The molecule has 0 amide bonds. The number of hydrogen-bond acceptors (Lipinski definition) is 7. The molecule has 5 rings (SSSR count). The monoisotopic (exact) mass is 530 g/mol. The fourth-order valence-corrected chi connectivity index (χ4v) is 6.00. The van der Waals surface area contributed by atoms with Gasteiger partial charge in [-0.05, 0) is 61.6 Å². The van der Waals surface area contributed by atoms with Crippen LogP contribution < -0.4 is 19.6 Å². The molecule has 0 N–H and O–H groups in total. The lowest BCUT2D eigenvalue weighted by Gasteiger charge is -2.24. The summed E-state index contributed by atoms with van der Waals surface area (Å²) in [6.07, 6.45) is 1.57. The quantitative estimate of drug-likeness (QED) is 0.321. The van der Waals surface area contributed by atoms with Gasteiger partial charge in [0, 0.05) is 4.88 Å². The first-order valence-electron chi connectivity index (χ1n) is 11.9. The minimum atomic E-state index is -0.571. The molecule has 4 aromatic rings. The van der Waals surface area contributed by atoms with Gasteiger partial charge in [-0.25, -0.2) is 9.79 Å². The average molecular weight is 531 g/mol. The molecular formula is C29H26N2O4S2. The lowest BCUT2D eigenvalue weighted by atomic mass is 10.0. The van der Waals surface area contributed by atoms with Gasteiger partial charge in [-0.2, -0.15) is 0 Å². The number of carbonyl (C=O) groups is 1. The zero-order valence-corrected chi connectivity index (χ0v) is 22.3. The lowest BCUT2D eigenvalue weighted by Crippen LogP contribution is -2.39. The number of benzene rings is 2. The summed E-state index contributed by atoms with van der Waals surface area (Å²) in [5.41, 5.74) is 2.75. The minimum Gasteiger partial charge on any atom is -0.489 e. The first-order chi connectivity index (χ1) is 17.9. The van der Waals surface area contributed by atoms with E-state index in [9.17, 15) is 9.59 Å². The van der Waals surface area contributed by atoms with Crippen molar-refractivity contribution in [1.29, 1.82) is 0 Å². The summed E-state index contributed by atoms with van der Waals surface area (Å²) in [6.45, 7) is 5.90. The number of carbonyl (C=O) groups excluding carboxylic acids is 1. The number of thiazole rings is 1. The third-order valence-corrected chi connectivity index (χ3v) is 7.73. The number of fused-ring (bicyclic) bond motifs is 1. The van der Waals surface area contributed by atoms with E-state index in [4.69, 9.17) is 9.47 Å². The van der Waals surface area contributed by atoms with E-state index in [0.29, 0.717) is 27.2 Å². The zero-order chi connectivity index (χ0) is 25.9. The maximum atomic E-state index is 13.6. The average Bonchev–Trinajstić information content (AvgIpc) is 3.51. The lowest BCUT2D eigenvalue weighted by molar-refractivity contribution is -0.143. The van der Waals surface area contributed by atoms with Crippen molar-refractivity contribution in [3.05, 3.63) is 119 Å². The zero-order valence-electron chi connectivity index (χ0n) is 20.7. The highest BCUT2D eigenvalue weighted by molar-refractivity contribution is 7.10. The van der Waals surface area contributed by atoms with E-state index in [2.05, 4.69) is 4.99 Å². The summed E-state index contributed by atoms with van der Waals surface area (Å²) < 4.78 is 13.6. The summed E-state index contributed by atoms with van der Waals surface area (Å²) in [7, 11) is 0. The van der Waals surface area contributed by atoms with E-state index >= 15 is 0 Å². The smallest absolute Gasteiger partial charge is 0.338 e. The molecule has 1 atom stereocenters. The van der Waals surface area contributed by atoms with E-state index in [0.717, 1.165) is 21.8 Å². The number of hydrogen-bond donors (Lipinski definition) is 0. The molecular weight excluding hydrogens is 504 g/mol. The Morgan fingerprint density at radius 3 is 2.51 bits per heavy atom. The van der Waals surface area contributed by atoms with Crippen LogP contribution >= 0.6 is 22.7 Å². The predicted octanol–water partition coefficient (Wildman–Crippen LogP) is 4.83. The molecule has 37 heavy (non-hydrogen) atoms. The molecule has 6 nitrogen and oxygen atoms in total. The second kappa shape index (κ2) is 10.7. The largest absolute Gasteiger partial charge is 0.489 e.